The molecule has 1 aliphatic heterocycles. The molecule has 0 N–H and O–H groups in total. The quantitative estimate of drug-likeness (QED) is 0.673. The van der Waals surface area contributed by atoms with Gasteiger partial charge in [0.1, 0.15) is 17.6 Å². The predicted molar refractivity (Wildman–Crippen MR) is 99.5 cm³/mol. The Hall–Kier alpha value is -3.22. The number of ether oxygens (including phenoxy) is 1. The number of hydrogen-bond acceptors (Lipinski definition) is 5. The molecule has 0 aliphatic carbocycles. The molecule has 3 heterocycles. The zero-order valence-corrected chi connectivity index (χ0v) is 15.5. The molecule has 0 spiro atoms. The summed E-state index contributed by atoms with van der Waals surface area (Å²) in [6.07, 6.45) is 5.40. The van der Waals surface area contributed by atoms with E-state index in [1.807, 2.05) is 0 Å². The van der Waals surface area contributed by atoms with Gasteiger partial charge in [0.05, 0.1) is 18.9 Å². The smallest absolute Gasteiger partial charge is 0.256 e. The van der Waals surface area contributed by atoms with Gasteiger partial charge < -0.3 is 14.1 Å². The monoisotopic (exact) mass is 381 g/mol. The van der Waals surface area contributed by atoms with Crippen LogP contribution in [-0.4, -0.2) is 34.4 Å². The van der Waals surface area contributed by atoms with Gasteiger partial charge in [-0.15, -0.1) is 0 Å². The van der Waals surface area contributed by atoms with Crippen LogP contribution < -0.4 is 4.74 Å². The van der Waals surface area contributed by atoms with Crippen LogP contribution in [-0.2, 0) is 6.42 Å². The fourth-order valence-electron chi connectivity index (χ4n) is 3.42. The number of halogens is 1. The first-order valence-corrected chi connectivity index (χ1v) is 9.14. The number of amides is 1. The molecule has 1 fully saturated rings. The Morgan fingerprint density at radius 1 is 1.21 bits per heavy atom. The van der Waals surface area contributed by atoms with Crippen LogP contribution in [0.2, 0.25) is 0 Å². The molecular formula is C21H20FN3O3. The topological polar surface area (TPSA) is 68.5 Å². The molecule has 1 amide bonds. The van der Waals surface area contributed by atoms with Crippen molar-refractivity contribution in [2.45, 2.75) is 25.3 Å². The third kappa shape index (κ3) is 3.74. The van der Waals surface area contributed by atoms with Gasteiger partial charge >= 0.3 is 0 Å². The highest BCUT2D eigenvalue weighted by Crippen LogP contribution is 2.33. The summed E-state index contributed by atoms with van der Waals surface area (Å²) in [6, 6.07) is 9.47. The van der Waals surface area contributed by atoms with Crippen LogP contribution in [0.25, 0.3) is 0 Å². The maximum atomic E-state index is 13.1. The molecule has 28 heavy (non-hydrogen) atoms. The second-order valence-corrected chi connectivity index (χ2v) is 6.71. The molecule has 1 atom stereocenters. The lowest BCUT2D eigenvalue weighted by Crippen LogP contribution is -2.30. The molecule has 1 aromatic carbocycles. The molecule has 3 aromatic rings. The lowest BCUT2D eigenvalue weighted by atomic mass is 10.1. The van der Waals surface area contributed by atoms with Crippen molar-refractivity contribution < 1.29 is 18.3 Å². The molecule has 0 bridgehead atoms. The van der Waals surface area contributed by atoms with Crippen LogP contribution >= 0.6 is 0 Å². The second kappa shape index (κ2) is 7.80. The van der Waals surface area contributed by atoms with Gasteiger partial charge in [-0.3, -0.25) is 4.79 Å². The highest BCUT2D eigenvalue weighted by atomic mass is 19.1. The third-order valence-electron chi connectivity index (χ3n) is 4.85. The van der Waals surface area contributed by atoms with E-state index >= 15 is 0 Å². The van der Waals surface area contributed by atoms with Crippen LogP contribution in [0, 0.1) is 5.82 Å². The number of hydrogen-bond donors (Lipinski definition) is 0. The van der Waals surface area contributed by atoms with E-state index in [0.717, 1.165) is 18.4 Å². The number of pyridine rings is 1. The van der Waals surface area contributed by atoms with Crippen LogP contribution in [0.4, 0.5) is 4.39 Å². The zero-order chi connectivity index (χ0) is 19.5. The number of carbonyl (C=O) groups excluding carboxylic acids is 1. The van der Waals surface area contributed by atoms with E-state index < -0.39 is 0 Å². The van der Waals surface area contributed by atoms with Crippen LogP contribution in [0.5, 0.6) is 5.88 Å². The Labute approximate surface area is 162 Å². The van der Waals surface area contributed by atoms with Gasteiger partial charge in [0.25, 0.3) is 5.91 Å². The summed E-state index contributed by atoms with van der Waals surface area (Å²) in [4.78, 5) is 23.2. The first-order valence-electron chi connectivity index (χ1n) is 9.14. The van der Waals surface area contributed by atoms with Gasteiger partial charge in [-0.25, -0.2) is 14.4 Å². The van der Waals surface area contributed by atoms with Crippen molar-refractivity contribution in [3.05, 3.63) is 77.4 Å². The van der Waals surface area contributed by atoms with Gasteiger partial charge in [0, 0.05) is 25.2 Å². The van der Waals surface area contributed by atoms with Gasteiger partial charge in [0.2, 0.25) is 11.8 Å². The molecule has 0 unspecified atom stereocenters. The Balaban J connectivity index is 1.49. The second-order valence-electron chi connectivity index (χ2n) is 6.71. The molecule has 0 saturated carbocycles. The van der Waals surface area contributed by atoms with Crippen LogP contribution in [0.15, 0.2) is 53.2 Å². The van der Waals surface area contributed by atoms with Crippen molar-refractivity contribution in [1.82, 2.24) is 14.9 Å². The lowest BCUT2D eigenvalue weighted by Gasteiger charge is -2.22. The predicted octanol–water partition coefficient (Wildman–Crippen LogP) is 3.79. The third-order valence-corrected chi connectivity index (χ3v) is 4.85. The van der Waals surface area contributed by atoms with E-state index in [0.29, 0.717) is 36.1 Å². The molecule has 1 saturated heterocycles. The van der Waals surface area contributed by atoms with Gasteiger partial charge in [-0.2, -0.15) is 0 Å². The number of methoxy groups -OCH3 is 1. The van der Waals surface area contributed by atoms with E-state index in [2.05, 4.69) is 9.97 Å². The van der Waals surface area contributed by atoms with Crippen molar-refractivity contribution in [2.24, 2.45) is 0 Å². The maximum absolute atomic E-state index is 13.1. The molecule has 6 nitrogen and oxygen atoms in total. The number of nitrogens with zero attached hydrogens (tertiary/aromatic N) is 3. The minimum atomic E-state index is -0.268. The Morgan fingerprint density at radius 3 is 2.75 bits per heavy atom. The average molecular weight is 381 g/mol. The molecular weight excluding hydrogens is 361 g/mol. The van der Waals surface area contributed by atoms with Crippen LogP contribution in [0.1, 0.15) is 46.5 Å². The molecule has 7 heteroatoms. The van der Waals surface area contributed by atoms with E-state index in [-0.39, 0.29) is 17.8 Å². The normalized spacial score (nSPS) is 16.4. The van der Waals surface area contributed by atoms with Crippen molar-refractivity contribution in [3.8, 4) is 5.88 Å². The molecule has 4 rings (SSSR count). The summed E-state index contributed by atoms with van der Waals surface area (Å²) in [6.45, 7) is 0.644. The van der Waals surface area contributed by atoms with Crippen molar-refractivity contribution in [3.63, 3.8) is 0 Å². The first kappa shape index (κ1) is 18.2. The summed E-state index contributed by atoms with van der Waals surface area (Å²) in [5, 5.41) is 0. The molecule has 1 aliphatic rings. The minimum absolute atomic E-state index is 0.101. The summed E-state index contributed by atoms with van der Waals surface area (Å²) in [5.74, 6) is 1.31. The molecule has 144 valence electrons. The number of carbonyl (C=O) groups is 1. The van der Waals surface area contributed by atoms with Crippen LogP contribution in [0.3, 0.4) is 0 Å². The summed E-state index contributed by atoms with van der Waals surface area (Å²) < 4.78 is 24.0. The van der Waals surface area contributed by atoms with E-state index in [9.17, 15) is 9.18 Å². The number of aromatic nitrogens is 2. The highest BCUT2D eigenvalue weighted by Gasteiger charge is 2.34. The molecule has 0 radical (unpaired) electrons. The van der Waals surface area contributed by atoms with Crippen molar-refractivity contribution in [1.29, 1.82) is 0 Å². The highest BCUT2D eigenvalue weighted by molar-refractivity contribution is 5.94. The minimum Gasteiger partial charge on any atom is -0.481 e. The summed E-state index contributed by atoms with van der Waals surface area (Å²) in [5.41, 5.74) is 1.44. The number of oxazole rings is 1. The zero-order valence-electron chi connectivity index (χ0n) is 15.5. The Morgan fingerprint density at radius 2 is 2.04 bits per heavy atom. The first-order chi connectivity index (χ1) is 13.6. The van der Waals surface area contributed by atoms with Crippen molar-refractivity contribution >= 4 is 5.91 Å². The molecule has 2 aromatic heterocycles. The van der Waals surface area contributed by atoms with Gasteiger partial charge in [-0.05, 0) is 36.6 Å². The number of likely N-dealkylation sites (tertiary alicyclic amines) is 1. The largest absolute Gasteiger partial charge is 0.481 e. The van der Waals surface area contributed by atoms with Gasteiger partial charge in [0.15, 0.2) is 0 Å². The van der Waals surface area contributed by atoms with E-state index in [1.165, 1.54) is 25.4 Å². The summed E-state index contributed by atoms with van der Waals surface area (Å²) >= 11 is 0. The summed E-state index contributed by atoms with van der Waals surface area (Å²) in [7, 11) is 1.53. The van der Waals surface area contributed by atoms with Gasteiger partial charge in [-0.1, -0.05) is 12.1 Å². The van der Waals surface area contributed by atoms with E-state index in [1.54, 1.807) is 35.4 Å². The number of rotatable bonds is 5. The maximum Gasteiger partial charge on any atom is 0.256 e. The fraction of sp³-hybridized carbons (Fsp3) is 0.286. The Kier molecular flexibility index (Phi) is 5.06. The fourth-order valence-corrected chi connectivity index (χ4v) is 3.42. The number of benzene rings is 1. The Bertz CT molecular complexity index is 954. The lowest BCUT2D eigenvalue weighted by molar-refractivity contribution is 0.0714. The average Bonchev–Trinajstić information content (AvgIpc) is 3.38. The standard InChI is InChI=1S/C21H20FN3O3/c1-27-19-9-6-15(12-23-19)21(26)25-10-2-3-18(25)20-24-13-17(28-20)11-14-4-7-16(22)8-5-14/h4-9,12-13,18H,2-3,10-11H2,1H3/t18-/m1/s1. The SMILES string of the molecule is COc1ccc(C(=O)N2CCC[C@@H]2c2ncc(Cc3ccc(F)cc3)o2)cn1. The van der Waals surface area contributed by atoms with E-state index in [4.69, 9.17) is 9.15 Å². The van der Waals surface area contributed by atoms with Crippen molar-refractivity contribution in [2.75, 3.05) is 13.7 Å².